The molecule has 2 aliphatic rings. The minimum atomic E-state index is 0.302. The number of hydrogen-bond donors (Lipinski definition) is 1. The lowest BCUT2D eigenvalue weighted by Crippen LogP contribution is -2.18. The molecule has 0 radical (unpaired) electrons. The first kappa shape index (κ1) is 9.03. The van der Waals surface area contributed by atoms with Crippen molar-refractivity contribution in [1.29, 1.82) is 0 Å². The summed E-state index contributed by atoms with van der Waals surface area (Å²) in [6.07, 6.45) is 4.06. The van der Waals surface area contributed by atoms with Gasteiger partial charge in [-0.05, 0) is 26.2 Å². The molecular weight excluding hydrogens is 192 g/mol. The summed E-state index contributed by atoms with van der Waals surface area (Å²) in [4.78, 5) is 12.5. The van der Waals surface area contributed by atoms with E-state index >= 15 is 0 Å². The summed E-state index contributed by atoms with van der Waals surface area (Å²) in [5.41, 5.74) is 5.62. The zero-order valence-corrected chi connectivity index (χ0v) is 8.68. The number of aryl methyl sites for hydroxylation is 1. The molecule has 2 fully saturated rings. The first-order chi connectivity index (χ1) is 7.22. The van der Waals surface area contributed by atoms with Crippen LogP contribution in [-0.4, -0.2) is 27.2 Å². The Kier molecular flexibility index (Phi) is 1.88. The number of rotatable bonds is 1. The molecule has 15 heavy (non-hydrogen) atoms. The summed E-state index contributed by atoms with van der Waals surface area (Å²) in [6, 6.07) is 0. The maximum absolute atomic E-state index is 5.78. The molecule has 0 amide bonds. The van der Waals surface area contributed by atoms with E-state index in [0.717, 1.165) is 18.7 Å². The molecule has 0 saturated carbocycles. The summed E-state index contributed by atoms with van der Waals surface area (Å²) in [6.45, 7) is 1.84. The van der Waals surface area contributed by atoms with Gasteiger partial charge >= 0.3 is 0 Å². The summed E-state index contributed by atoms with van der Waals surface area (Å²) in [7, 11) is 0. The smallest absolute Gasteiger partial charge is 0.223 e. The van der Waals surface area contributed by atoms with E-state index in [-0.39, 0.29) is 0 Å². The van der Waals surface area contributed by atoms with Gasteiger partial charge in [-0.15, -0.1) is 0 Å². The molecule has 2 bridgehead atoms. The number of fused-ring (bicyclic) bond motifs is 2. The third-order valence-electron chi connectivity index (χ3n) is 3.22. The van der Waals surface area contributed by atoms with Crippen LogP contribution >= 0.6 is 0 Å². The van der Waals surface area contributed by atoms with E-state index in [0.29, 0.717) is 29.9 Å². The van der Waals surface area contributed by atoms with E-state index in [9.17, 15) is 0 Å². The van der Waals surface area contributed by atoms with Gasteiger partial charge in [0.1, 0.15) is 11.6 Å². The van der Waals surface area contributed by atoms with Gasteiger partial charge in [0.15, 0.2) is 0 Å². The predicted molar refractivity (Wildman–Crippen MR) is 54.2 cm³/mol. The molecule has 0 spiro atoms. The highest BCUT2D eigenvalue weighted by molar-refractivity contribution is 5.19. The third kappa shape index (κ3) is 1.47. The van der Waals surface area contributed by atoms with Crippen LogP contribution in [0.25, 0.3) is 0 Å². The molecule has 5 heteroatoms. The molecule has 3 unspecified atom stereocenters. The molecule has 5 nitrogen and oxygen atoms in total. The number of aromatic nitrogens is 3. The summed E-state index contributed by atoms with van der Waals surface area (Å²) < 4.78 is 5.78. The number of anilines is 1. The van der Waals surface area contributed by atoms with Crippen LogP contribution < -0.4 is 5.73 Å². The highest BCUT2D eigenvalue weighted by Gasteiger charge is 2.43. The quantitative estimate of drug-likeness (QED) is 0.735. The zero-order valence-electron chi connectivity index (χ0n) is 8.68. The molecule has 80 valence electrons. The van der Waals surface area contributed by atoms with Gasteiger partial charge in [-0.1, -0.05) is 0 Å². The maximum atomic E-state index is 5.78. The van der Waals surface area contributed by atoms with E-state index in [2.05, 4.69) is 15.0 Å². The largest absolute Gasteiger partial charge is 0.374 e. The number of nitrogens with two attached hydrogens (primary N) is 1. The fraction of sp³-hybridized carbons (Fsp3) is 0.700. The van der Waals surface area contributed by atoms with Gasteiger partial charge in [0.25, 0.3) is 0 Å². The van der Waals surface area contributed by atoms with Gasteiger partial charge in [-0.25, -0.2) is 4.98 Å². The second-order valence-electron chi connectivity index (χ2n) is 4.32. The first-order valence-electron chi connectivity index (χ1n) is 5.36. The molecule has 2 aliphatic heterocycles. The van der Waals surface area contributed by atoms with Gasteiger partial charge in [0.2, 0.25) is 5.95 Å². The Bertz CT molecular complexity index is 375. The molecule has 0 aromatic carbocycles. The molecule has 0 aliphatic carbocycles. The normalized spacial score (nSPS) is 33.5. The van der Waals surface area contributed by atoms with Crippen LogP contribution in [0.2, 0.25) is 0 Å². The Labute approximate surface area is 88.1 Å². The van der Waals surface area contributed by atoms with Crippen molar-refractivity contribution in [3.05, 3.63) is 11.6 Å². The lowest BCUT2D eigenvalue weighted by molar-refractivity contribution is 0.0998. The fourth-order valence-electron chi connectivity index (χ4n) is 2.60. The number of nitrogen functional groups attached to an aromatic ring is 1. The average Bonchev–Trinajstić information content (AvgIpc) is 2.76. The molecule has 3 rings (SSSR count). The lowest BCUT2D eigenvalue weighted by atomic mass is 9.88. The van der Waals surface area contributed by atoms with Crippen molar-refractivity contribution >= 4 is 5.95 Å². The molecule has 3 atom stereocenters. The number of hydrogen-bond acceptors (Lipinski definition) is 5. The molecule has 2 saturated heterocycles. The molecule has 3 heterocycles. The molecule has 2 N–H and O–H groups in total. The Hall–Kier alpha value is -1.23. The Balaban J connectivity index is 1.93. The van der Waals surface area contributed by atoms with Crippen molar-refractivity contribution in [1.82, 2.24) is 15.0 Å². The molecular formula is C10H14N4O. The highest BCUT2D eigenvalue weighted by atomic mass is 16.5. The van der Waals surface area contributed by atoms with Crippen molar-refractivity contribution in [3.63, 3.8) is 0 Å². The van der Waals surface area contributed by atoms with E-state index in [1.54, 1.807) is 0 Å². The second kappa shape index (κ2) is 3.13. The Morgan fingerprint density at radius 3 is 2.73 bits per heavy atom. The summed E-state index contributed by atoms with van der Waals surface area (Å²) in [5.74, 6) is 2.15. The second-order valence-corrected chi connectivity index (χ2v) is 4.32. The van der Waals surface area contributed by atoms with Crippen molar-refractivity contribution in [3.8, 4) is 0 Å². The van der Waals surface area contributed by atoms with Crippen LogP contribution in [0.1, 0.15) is 36.8 Å². The standard InChI is InChI=1S/C10H14N4O/c1-5-12-9(14-10(11)13-5)7-4-6-2-3-8(7)15-6/h6-8H,2-4H2,1H3,(H2,11,12,13,14). The van der Waals surface area contributed by atoms with Gasteiger partial charge < -0.3 is 10.5 Å². The van der Waals surface area contributed by atoms with Gasteiger partial charge in [-0.2, -0.15) is 9.97 Å². The van der Waals surface area contributed by atoms with Gasteiger partial charge in [0.05, 0.1) is 12.2 Å². The Morgan fingerprint density at radius 2 is 2.13 bits per heavy atom. The van der Waals surface area contributed by atoms with E-state index in [4.69, 9.17) is 10.5 Å². The van der Waals surface area contributed by atoms with Crippen molar-refractivity contribution in [2.45, 2.75) is 44.3 Å². The molecule has 1 aromatic heterocycles. The third-order valence-corrected chi connectivity index (χ3v) is 3.22. The molecule has 1 aromatic rings. The van der Waals surface area contributed by atoms with Crippen LogP contribution in [0.5, 0.6) is 0 Å². The Morgan fingerprint density at radius 1 is 1.27 bits per heavy atom. The lowest BCUT2D eigenvalue weighted by Gasteiger charge is -2.17. The monoisotopic (exact) mass is 206 g/mol. The van der Waals surface area contributed by atoms with Crippen molar-refractivity contribution in [2.24, 2.45) is 0 Å². The zero-order chi connectivity index (χ0) is 10.4. The topological polar surface area (TPSA) is 73.9 Å². The average molecular weight is 206 g/mol. The van der Waals surface area contributed by atoms with E-state index in [1.165, 1.54) is 6.42 Å². The van der Waals surface area contributed by atoms with Crippen LogP contribution in [-0.2, 0) is 4.74 Å². The minimum absolute atomic E-state index is 0.302. The number of nitrogens with zero attached hydrogens (tertiary/aromatic N) is 3. The van der Waals surface area contributed by atoms with E-state index < -0.39 is 0 Å². The number of ether oxygens (including phenoxy) is 1. The van der Waals surface area contributed by atoms with Crippen molar-refractivity contribution in [2.75, 3.05) is 5.73 Å². The van der Waals surface area contributed by atoms with Gasteiger partial charge in [0, 0.05) is 5.92 Å². The summed E-state index contributed by atoms with van der Waals surface area (Å²) in [5, 5.41) is 0. The fourth-order valence-corrected chi connectivity index (χ4v) is 2.60. The van der Waals surface area contributed by atoms with E-state index in [1.807, 2.05) is 6.92 Å². The minimum Gasteiger partial charge on any atom is -0.374 e. The van der Waals surface area contributed by atoms with Crippen LogP contribution in [0.3, 0.4) is 0 Å². The highest BCUT2D eigenvalue weighted by Crippen LogP contribution is 2.43. The summed E-state index contributed by atoms with van der Waals surface area (Å²) >= 11 is 0. The van der Waals surface area contributed by atoms with Crippen LogP contribution in [0.15, 0.2) is 0 Å². The van der Waals surface area contributed by atoms with Gasteiger partial charge in [-0.3, -0.25) is 0 Å². The first-order valence-corrected chi connectivity index (χ1v) is 5.36. The van der Waals surface area contributed by atoms with Crippen LogP contribution in [0, 0.1) is 6.92 Å². The SMILES string of the molecule is Cc1nc(N)nc(C2CC3CCC2O3)n1. The predicted octanol–water partition coefficient (Wildman–Crippen LogP) is 0.797. The van der Waals surface area contributed by atoms with Crippen molar-refractivity contribution < 1.29 is 4.74 Å². The maximum Gasteiger partial charge on any atom is 0.223 e. The van der Waals surface area contributed by atoms with Crippen LogP contribution in [0.4, 0.5) is 5.95 Å².